The van der Waals surface area contributed by atoms with Crippen molar-refractivity contribution < 1.29 is 14.7 Å². The van der Waals surface area contributed by atoms with Crippen LogP contribution in [0.2, 0.25) is 0 Å². The van der Waals surface area contributed by atoms with Crippen LogP contribution in [0.5, 0.6) is 0 Å². The van der Waals surface area contributed by atoms with Crippen molar-refractivity contribution in [1.29, 1.82) is 0 Å². The zero-order chi connectivity index (χ0) is 17.1. The highest BCUT2D eigenvalue weighted by atomic mass is 16.6. The van der Waals surface area contributed by atoms with Crippen LogP contribution in [0.15, 0.2) is 23.4 Å². The van der Waals surface area contributed by atoms with E-state index in [-0.39, 0.29) is 24.8 Å². The number of amides is 2. The van der Waals surface area contributed by atoms with Crippen molar-refractivity contribution in [3.8, 4) is 0 Å². The minimum absolute atomic E-state index is 0.0212. The number of carbonyl (C=O) groups excluding carboxylic acids is 1. The van der Waals surface area contributed by atoms with Crippen molar-refractivity contribution in [3.05, 3.63) is 34.9 Å². The average molecular weight is 331 g/mol. The van der Waals surface area contributed by atoms with Crippen LogP contribution in [0.3, 0.4) is 0 Å². The number of carbonyl (C=O) groups is 1. The molecule has 1 saturated heterocycles. The van der Waals surface area contributed by atoms with Crippen molar-refractivity contribution in [2.24, 2.45) is 5.16 Å². The van der Waals surface area contributed by atoms with E-state index < -0.39 is 0 Å². The van der Waals surface area contributed by atoms with E-state index in [1.165, 1.54) is 11.1 Å². The lowest BCUT2D eigenvalue weighted by atomic mass is 10.0. The normalized spacial score (nSPS) is 23.1. The number of aryl methyl sites for hydroxylation is 2. The molecule has 0 spiro atoms. The molecule has 0 bridgehead atoms. The lowest BCUT2D eigenvalue weighted by Gasteiger charge is -2.23. The van der Waals surface area contributed by atoms with Gasteiger partial charge in [0.2, 0.25) is 0 Å². The van der Waals surface area contributed by atoms with E-state index >= 15 is 0 Å². The SMILES string of the molecule is Cc1ccc(C2=NO[C@H](CNC(=O)N3CCC[C@H]3CO)C2)cc1C. The zero-order valence-electron chi connectivity index (χ0n) is 14.3. The van der Waals surface area contributed by atoms with Crippen LogP contribution in [0, 0.1) is 13.8 Å². The number of urea groups is 1. The fourth-order valence-corrected chi connectivity index (χ4v) is 3.22. The summed E-state index contributed by atoms with van der Waals surface area (Å²) in [5.41, 5.74) is 4.49. The number of oxime groups is 1. The molecule has 0 aromatic heterocycles. The number of nitrogens with zero attached hydrogens (tertiary/aromatic N) is 2. The third-order valence-corrected chi connectivity index (χ3v) is 4.90. The molecule has 0 unspecified atom stereocenters. The average Bonchev–Trinajstić information content (AvgIpc) is 3.24. The lowest BCUT2D eigenvalue weighted by Crippen LogP contribution is -2.46. The smallest absolute Gasteiger partial charge is 0.317 e. The summed E-state index contributed by atoms with van der Waals surface area (Å²) in [4.78, 5) is 19.4. The van der Waals surface area contributed by atoms with Gasteiger partial charge in [-0.2, -0.15) is 0 Å². The Morgan fingerprint density at radius 2 is 2.25 bits per heavy atom. The van der Waals surface area contributed by atoms with Gasteiger partial charge in [0.1, 0.15) is 0 Å². The molecule has 1 aromatic rings. The number of aliphatic hydroxyl groups is 1. The molecule has 2 atom stereocenters. The van der Waals surface area contributed by atoms with Crippen LogP contribution in [0.25, 0.3) is 0 Å². The maximum Gasteiger partial charge on any atom is 0.317 e. The third kappa shape index (κ3) is 3.53. The number of likely N-dealkylation sites (tertiary alicyclic amines) is 1. The van der Waals surface area contributed by atoms with Crippen molar-refractivity contribution in [1.82, 2.24) is 10.2 Å². The Morgan fingerprint density at radius 3 is 3.00 bits per heavy atom. The monoisotopic (exact) mass is 331 g/mol. The van der Waals surface area contributed by atoms with Gasteiger partial charge in [0.05, 0.1) is 24.9 Å². The Bertz CT molecular complexity index is 644. The van der Waals surface area contributed by atoms with Crippen LogP contribution in [-0.4, -0.2) is 53.6 Å². The number of hydrogen-bond donors (Lipinski definition) is 2. The molecule has 2 aliphatic heterocycles. The first-order valence-corrected chi connectivity index (χ1v) is 8.54. The second-order valence-corrected chi connectivity index (χ2v) is 6.63. The predicted octanol–water partition coefficient (Wildman–Crippen LogP) is 1.96. The van der Waals surface area contributed by atoms with Crippen molar-refractivity contribution in [2.45, 2.75) is 45.3 Å². The Labute approximate surface area is 142 Å². The van der Waals surface area contributed by atoms with Crippen molar-refractivity contribution in [3.63, 3.8) is 0 Å². The highest BCUT2D eigenvalue weighted by Crippen LogP contribution is 2.20. The molecular weight excluding hydrogens is 306 g/mol. The Balaban J connectivity index is 1.50. The van der Waals surface area contributed by atoms with E-state index in [0.29, 0.717) is 19.5 Å². The first-order valence-electron chi connectivity index (χ1n) is 8.54. The van der Waals surface area contributed by atoms with Crippen molar-refractivity contribution in [2.75, 3.05) is 19.7 Å². The molecule has 2 heterocycles. The van der Waals surface area contributed by atoms with Crippen LogP contribution in [-0.2, 0) is 4.84 Å². The van der Waals surface area contributed by atoms with Crippen molar-refractivity contribution >= 4 is 11.7 Å². The van der Waals surface area contributed by atoms with E-state index in [0.717, 1.165) is 24.1 Å². The van der Waals surface area contributed by atoms with Gasteiger partial charge in [-0.1, -0.05) is 17.3 Å². The van der Waals surface area contributed by atoms with Gasteiger partial charge < -0.3 is 20.2 Å². The van der Waals surface area contributed by atoms with E-state index in [1.54, 1.807) is 4.90 Å². The topological polar surface area (TPSA) is 74.2 Å². The molecule has 0 saturated carbocycles. The molecule has 130 valence electrons. The molecule has 2 N–H and O–H groups in total. The summed E-state index contributed by atoms with van der Waals surface area (Å²) in [5, 5.41) is 16.4. The van der Waals surface area contributed by atoms with E-state index in [2.05, 4.69) is 42.5 Å². The second kappa shape index (κ2) is 7.21. The minimum Gasteiger partial charge on any atom is -0.394 e. The second-order valence-electron chi connectivity index (χ2n) is 6.63. The molecule has 2 amide bonds. The van der Waals surface area contributed by atoms with Crippen LogP contribution in [0.4, 0.5) is 4.79 Å². The van der Waals surface area contributed by atoms with Gasteiger partial charge in [-0.15, -0.1) is 0 Å². The first kappa shape index (κ1) is 16.8. The summed E-state index contributed by atoms with van der Waals surface area (Å²) in [5.74, 6) is 0. The molecule has 6 heteroatoms. The van der Waals surface area contributed by atoms with Gasteiger partial charge in [-0.3, -0.25) is 0 Å². The number of benzene rings is 1. The van der Waals surface area contributed by atoms with Gasteiger partial charge in [0.15, 0.2) is 6.10 Å². The van der Waals surface area contributed by atoms with Gasteiger partial charge >= 0.3 is 6.03 Å². The fourth-order valence-electron chi connectivity index (χ4n) is 3.22. The summed E-state index contributed by atoms with van der Waals surface area (Å²) in [7, 11) is 0. The van der Waals surface area contributed by atoms with E-state index in [1.807, 2.05) is 0 Å². The summed E-state index contributed by atoms with van der Waals surface area (Å²) in [6, 6.07) is 6.08. The van der Waals surface area contributed by atoms with E-state index in [4.69, 9.17) is 4.84 Å². The standard InChI is InChI=1S/C18H25N3O3/c1-12-5-6-14(8-13(12)2)17-9-16(24-20-17)10-19-18(23)21-7-3-4-15(21)11-22/h5-6,8,15-16,22H,3-4,7,9-11H2,1-2H3,(H,19,23)/t15-,16-/m0/s1. The molecule has 0 radical (unpaired) electrons. The highest BCUT2D eigenvalue weighted by molar-refractivity contribution is 6.01. The Hall–Kier alpha value is -2.08. The fraction of sp³-hybridized carbons (Fsp3) is 0.556. The Morgan fingerprint density at radius 1 is 1.42 bits per heavy atom. The molecule has 6 nitrogen and oxygen atoms in total. The highest BCUT2D eigenvalue weighted by Gasteiger charge is 2.29. The van der Waals surface area contributed by atoms with Gasteiger partial charge in [0.25, 0.3) is 0 Å². The molecule has 24 heavy (non-hydrogen) atoms. The minimum atomic E-state index is -0.138. The quantitative estimate of drug-likeness (QED) is 0.886. The maximum absolute atomic E-state index is 12.2. The number of nitrogens with one attached hydrogen (secondary N) is 1. The van der Waals surface area contributed by atoms with Gasteiger partial charge in [0, 0.05) is 13.0 Å². The maximum atomic E-state index is 12.2. The molecule has 0 aliphatic carbocycles. The van der Waals surface area contributed by atoms with Crippen LogP contribution in [0.1, 0.15) is 36.0 Å². The Kier molecular flexibility index (Phi) is 5.04. The zero-order valence-corrected chi connectivity index (χ0v) is 14.3. The van der Waals surface area contributed by atoms with E-state index in [9.17, 15) is 9.90 Å². The molecule has 3 rings (SSSR count). The number of hydrogen-bond acceptors (Lipinski definition) is 4. The molecular formula is C18H25N3O3. The lowest BCUT2D eigenvalue weighted by molar-refractivity contribution is 0.0837. The third-order valence-electron chi connectivity index (χ3n) is 4.90. The van der Waals surface area contributed by atoms with Crippen LogP contribution < -0.4 is 5.32 Å². The molecule has 1 fully saturated rings. The summed E-state index contributed by atoms with van der Waals surface area (Å²) in [6.45, 7) is 5.31. The number of rotatable bonds is 4. The molecule has 2 aliphatic rings. The van der Waals surface area contributed by atoms with Gasteiger partial charge in [-0.25, -0.2) is 4.79 Å². The summed E-state index contributed by atoms with van der Waals surface area (Å²) < 4.78 is 0. The van der Waals surface area contributed by atoms with Gasteiger partial charge in [-0.05, 0) is 49.4 Å². The largest absolute Gasteiger partial charge is 0.394 e. The first-order chi connectivity index (χ1) is 11.6. The van der Waals surface area contributed by atoms with Crippen LogP contribution >= 0.6 is 0 Å². The summed E-state index contributed by atoms with van der Waals surface area (Å²) in [6.07, 6.45) is 2.36. The number of aliphatic hydroxyl groups excluding tert-OH is 1. The predicted molar refractivity (Wildman–Crippen MR) is 92.2 cm³/mol. The summed E-state index contributed by atoms with van der Waals surface area (Å²) >= 11 is 0. The molecule has 1 aromatic carbocycles.